The molecule has 0 aliphatic carbocycles. The molecule has 0 aliphatic heterocycles. The van der Waals surface area contributed by atoms with Crippen molar-refractivity contribution < 1.29 is 14.2 Å². The first-order chi connectivity index (χ1) is 10.0. The number of nitrogens with two attached hydrogens (primary N) is 1. The summed E-state index contributed by atoms with van der Waals surface area (Å²) in [4.78, 5) is 10.2. The van der Waals surface area contributed by atoms with Crippen LogP contribution in [0.5, 0.6) is 5.75 Å². The highest BCUT2D eigenvalue weighted by atomic mass is 31.2. The number of ether oxygens (including phenoxy) is 1. The van der Waals surface area contributed by atoms with Gasteiger partial charge in [-0.15, -0.1) is 0 Å². The van der Waals surface area contributed by atoms with Gasteiger partial charge in [0.1, 0.15) is 11.5 Å². The molecule has 0 amide bonds. The standard InChI is InChI=1S/C16H20NO3P/c1-20-15-9-7-14(8-10-15)16(17)21(18,19)12-11-13-5-3-2-4-6-13/h2-10,16H,11-12,17H2,1H3,(H,18,19)/t16-/m0/s1. The first kappa shape index (κ1) is 15.8. The van der Waals surface area contributed by atoms with Crippen molar-refractivity contribution in [2.45, 2.75) is 12.2 Å². The molecule has 0 radical (unpaired) electrons. The minimum atomic E-state index is -3.46. The summed E-state index contributed by atoms with van der Waals surface area (Å²) < 4.78 is 17.5. The SMILES string of the molecule is COc1ccc([C@@H](N)P(=O)(O)CCc2ccccc2)cc1. The molecule has 2 atom stereocenters. The fourth-order valence-corrected chi connectivity index (χ4v) is 3.60. The molecule has 0 saturated carbocycles. The van der Waals surface area contributed by atoms with Gasteiger partial charge in [-0.05, 0) is 29.7 Å². The van der Waals surface area contributed by atoms with Crippen LogP contribution >= 0.6 is 7.37 Å². The Kier molecular flexibility index (Phi) is 5.18. The van der Waals surface area contributed by atoms with Crippen molar-refractivity contribution in [3.63, 3.8) is 0 Å². The lowest BCUT2D eigenvalue weighted by atomic mass is 10.2. The van der Waals surface area contributed by atoms with Crippen molar-refractivity contribution in [2.75, 3.05) is 13.3 Å². The van der Waals surface area contributed by atoms with E-state index in [-0.39, 0.29) is 6.16 Å². The highest BCUT2D eigenvalue weighted by molar-refractivity contribution is 7.58. The minimum absolute atomic E-state index is 0.171. The molecule has 5 heteroatoms. The highest BCUT2D eigenvalue weighted by Gasteiger charge is 2.28. The van der Waals surface area contributed by atoms with E-state index >= 15 is 0 Å². The zero-order valence-electron chi connectivity index (χ0n) is 12.0. The van der Waals surface area contributed by atoms with E-state index in [1.807, 2.05) is 30.3 Å². The monoisotopic (exact) mass is 305 g/mol. The van der Waals surface area contributed by atoms with Crippen LogP contribution in [0.25, 0.3) is 0 Å². The zero-order chi connectivity index (χ0) is 15.3. The fraction of sp³-hybridized carbons (Fsp3) is 0.250. The van der Waals surface area contributed by atoms with Gasteiger partial charge in [-0.2, -0.15) is 0 Å². The Morgan fingerprint density at radius 1 is 1.14 bits per heavy atom. The third-order valence-electron chi connectivity index (χ3n) is 3.46. The molecule has 0 fully saturated rings. The van der Waals surface area contributed by atoms with Gasteiger partial charge in [-0.25, -0.2) is 0 Å². The van der Waals surface area contributed by atoms with Crippen LogP contribution < -0.4 is 10.5 Å². The quantitative estimate of drug-likeness (QED) is 0.804. The average molecular weight is 305 g/mol. The summed E-state index contributed by atoms with van der Waals surface area (Å²) >= 11 is 0. The fourth-order valence-electron chi connectivity index (χ4n) is 2.11. The van der Waals surface area contributed by atoms with Crippen molar-refractivity contribution in [1.82, 2.24) is 0 Å². The van der Waals surface area contributed by atoms with E-state index < -0.39 is 13.2 Å². The molecule has 0 aliphatic rings. The van der Waals surface area contributed by atoms with Crippen LogP contribution in [-0.4, -0.2) is 18.2 Å². The third kappa shape index (κ3) is 4.18. The summed E-state index contributed by atoms with van der Waals surface area (Å²) in [6.07, 6.45) is 0.711. The molecule has 21 heavy (non-hydrogen) atoms. The Morgan fingerprint density at radius 2 is 1.76 bits per heavy atom. The second-order valence-electron chi connectivity index (χ2n) is 4.93. The maximum Gasteiger partial charge on any atom is 0.221 e. The molecule has 2 aromatic carbocycles. The lowest BCUT2D eigenvalue weighted by Crippen LogP contribution is -2.13. The predicted octanol–water partition coefficient (Wildman–Crippen LogP) is 3.17. The van der Waals surface area contributed by atoms with Crippen LogP contribution in [0.1, 0.15) is 16.9 Å². The Bertz CT molecular complexity index is 613. The molecule has 0 aromatic heterocycles. The maximum absolute atomic E-state index is 12.4. The van der Waals surface area contributed by atoms with Gasteiger partial charge in [0.2, 0.25) is 7.37 Å². The first-order valence-electron chi connectivity index (χ1n) is 6.78. The lowest BCUT2D eigenvalue weighted by Gasteiger charge is -2.20. The number of aryl methyl sites for hydroxylation is 1. The van der Waals surface area contributed by atoms with Gasteiger partial charge in [-0.1, -0.05) is 42.5 Å². The number of methoxy groups -OCH3 is 1. The second-order valence-corrected chi connectivity index (χ2v) is 7.45. The van der Waals surface area contributed by atoms with Crippen LogP contribution in [-0.2, 0) is 11.0 Å². The van der Waals surface area contributed by atoms with E-state index in [1.54, 1.807) is 31.4 Å². The number of rotatable bonds is 6. The van der Waals surface area contributed by atoms with E-state index in [1.165, 1.54) is 0 Å². The summed E-state index contributed by atoms with van der Waals surface area (Å²) in [7, 11) is -1.88. The van der Waals surface area contributed by atoms with E-state index in [2.05, 4.69) is 0 Å². The van der Waals surface area contributed by atoms with Crippen LogP contribution in [0.4, 0.5) is 0 Å². The minimum Gasteiger partial charge on any atom is -0.497 e. The molecule has 112 valence electrons. The van der Waals surface area contributed by atoms with Crippen molar-refractivity contribution in [3.05, 3.63) is 65.7 Å². The Hall–Kier alpha value is -1.61. The molecule has 2 rings (SSSR count). The Balaban J connectivity index is 2.05. The average Bonchev–Trinajstić information content (AvgIpc) is 2.53. The van der Waals surface area contributed by atoms with Gasteiger partial charge >= 0.3 is 0 Å². The maximum atomic E-state index is 12.4. The summed E-state index contributed by atoms with van der Waals surface area (Å²) in [5, 5.41) is 0. The van der Waals surface area contributed by atoms with E-state index in [0.717, 1.165) is 5.56 Å². The van der Waals surface area contributed by atoms with E-state index in [4.69, 9.17) is 10.5 Å². The van der Waals surface area contributed by atoms with Gasteiger partial charge in [-0.3, -0.25) is 4.57 Å². The molecule has 0 spiro atoms. The number of hydrogen-bond acceptors (Lipinski definition) is 3. The van der Waals surface area contributed by atoms with Crippen molar-refractivity contribution in [2.24, 2.45) is 5.73 Å². The van der Waals surface area contributed by atoms with Gasteiger partial charge in [0, 0.05) is 6.16 Å². The second kappa shape index (κ2) is 6.90. The van der Waals surface area contributed by atoms with Crippen LogP contribution in [0.2, 0.25) is 0 Å². The summed E-state index contributed by atoms with van der Waals surface area (Å²) in [5.41, 5.74) is 7.66. The highest BCUT2D eigenvalue weighted by Crippen LogP contribution is 2.52. The lowest BCUT2D eigenvalue weighted by molar-refractivity contribution is 0.414. The predicted molar refractivity (Wildman–Crippen MR) is 84.8 cm³/mol. The van der Waals surface area contributed by atoms with E-state index in [9.17, 15) is 9.46 Å². The van der Waals surface area contributed by atoms with Crippen molar-refractivity contribution in [3.8, 4) is 5.75 Å². The van der Waals surface area contributed by atoms with E-state index in [0.29, 0.717) is 17.7 Å². The third-order valence-corrected chi connectivity index (χ3v) is 5.49. The van der Waals surface area contributed by atoms with Crippen LogP contribution in [0.15, 0.2) is 54.6 Å². The Labute approximate surface area is 125 Å². The Morgan fingerprint density at radius 3 is 2.33 bits per heavy atom. The summed E-state index contributed by atoms with van der Waals surface area (Å²) in [6.45, 7) is 0. The molecule has 1 unspecified atom stereocenters. The molecular formula is C16H20NO3P. The van der Waals surface area contributed by atoms with Crippen LogP contribution in [0.3, 0.4) is 0 Å². The number of hydrogen-bond donors (Lipinski definition) is 2. The molecule has 0 heterocycles. The van der Waals surface area contributed by atoms with Crippen molar-refractivity contribution in [1.29, 1.82) is 0 Å². The molecule has 2 aromatic rings. The van der Waals surface area contributed by atoms with Crippen molar-refractivity contribution >= 4 is 7.37 Å². The molecule has 0 saturated heterocycles. The van der Waals surface area contributed by atoms with Gasteiger partial charge in [0.05, 0.1) is 7.11 Å². The van der Waals surface area contributed by atoms with Crippen LogP contribution in [0, 0.1) is 0 Å². The first-order valence-corrected chi connectivity index (χ1v) is 8.69. The molecule has 4 nitrogen and oxygen atoms in total. The zero-order valence-corrected chi connectivity index (χ0v) is 12.9. The molecule has 3 N–H and O–H groups in total. The van der Waals surface area contributed by atoms with Gasteiger partial charge in [0.25, 0.3) is 0 Å². The normalized spacial score (nSPS) is 15.2. The number of benzene rings is 2. The summed E-state index contributed by atoms with van der Waals surface area (Å²) in [5.74, 6) is -0.171. The van der Waals surface area contributed by atoms with Gasteiger partial charge in [0.15, 0.2) is 0 Å². The smallest absolute Gasteiger partial charge is 0.221 e. The topological polar surface area (TPSA) is 72.5 Å². The summed E-state index contributed by atoms with van der Waals surface area (Å²) in [6, 6.07) is 16.6. The molecular weight excluding hydrogens is 285 g/mol. The molecule has 0 bridgehead atoms. The largest absolute Gasteiger partial charge is 0.497 e. The van der Waals surface area contributed by atoms with Gasteiger partial charge < -0.3 is 15.4 Å².